The predicted octanol–water partition coefficient (Wildman–Crippen LogP) is 0.651. The number of esters is 1. The van der Waals surface area contributed by atoms with Crippen molar-refractivity contribution in [3.05, 3.63) is 36.0 Å². The quantitative estimate of drug-likeness (QED) is 0.796. The molecule has 2 aromatic rings. The highest BCUT2D eigenvalue weighted by atomic mass is 16.5. The zero-order chi connectivity index (χ0) is 13.7. The number of hydrogen-bond donors (Lipinski definition) is 1. The molecule has 0 amide bonds. The number of ether oxygens (including phenoxy) is 1. The fraction of sp³-hybridized carbons (Fsp3) is 0.333. The fourth-order valence-electron chi connectivity index (χ4n) is 1.56. The van der Waals surface area contributed by atoms with Crippen LogP contribution >= 0.6 is 0 Å². The van der Waals surface area contributed by atoms with Crippen molar-refractivity contribution in [2.45, 2.75) is 6.42 Å². The number of nitrogens with zero attached hydrogens (tertiary/aromatic N) is 4. The molecular formula is C12H15N5O2. The zero-order valence-electron chi connectivity index (χ0n) is 10.8. The Morgan fingerprint density at radius 1 is 1.47 bits per heavy atom. The van der Waals surface area contributed by atoms with Crippen LogP contribution in [-0.2, 0) is 18.2 Å². The van der Waals surface area contributed by atoms with Gasteiger partial charge in [-0.2, -0.15) is 5.10 Å². The van der Waals surface area contributed by atoms with Gasteiger partial charge in [0.1, 0.15) is 5.82 Å². The summed E-state index contributed by atoms with van der Waals surface area (Å²) in [5.74, 6) is 0.0880. The maximum Gasteiger partial charge on any atom is 0.376 e. The molecular weight excluding hydrogens is 246 g/mol. The van der Waals surface area contributed by atoms with Gasteiger partial charge >= 0.3 is 5.97 Å². The van der Waals surface area contributed by atoms with Crippen LogP contribution in [0.4, 0.5) is 5.82 Å². The Morgan fingerprint density at radius 2 is 2.32 bits per heavy atom. The largest absolute Gasteiger partial charge is 0.463 e. The number of carbonyl (C=O) groups excluding carboxylic acids is 1. The zero-order valence-corrected chi connectivity index (χ0v) is 10.8. The monoisotopic (exact) mass is 261 g/mol. The van der Waals surface area contributed by atoms with E-state index < -0.39 is 5.97 Å². The third-order valence-electron chi connectivity index (χ3n) is 2.48. The molecule has 0 unspecified atom stereocenters. The second kappa shape index (κ2) is 5.94. The van der Waals surface area contributed by atoms with E-state index in [1.165, 1.54) is 13.3 Å². The van der Waals surface area contributed by atoms with Crippen LogP contribution in [-0.4, -0.2) is 39.4 Å². The van der Waals surface area contributed by atoms with Gasteiger partial charge in [0.05, 0.1) is 12.8 Å². The van der Waals surface area contributed by atoms with Gasteiger partial charge in [0.25, 0.3) is 0 Å². The summed E-state index contributed by atoms with van der Waals surface area (Å²) in [4.78, 5) is 19.2. The highest BCUT2D eigenvalue weighted by molar-refractivity contribution is 5.85. The molecule has 19 heavy (non-hydrogen) atoms. The first kappa shape index (κ1) is 13.0. The second-order valence-electron chi connectivity index (χ2n) is 3.91. The summed E-state index contributed by atoms with van der Waals surface area (Å²) < 4.78 is 6.32. The Bertz CT molecular complexity index is 567. The normalized spacial score (nSPS) is 10.2. The van der Waals surface area contributed by atoms with Crippen LogP contribution in [0.2, 0.25) is 0 Å². The Labute approximate surface area is 110 Å². The molecule has 0 fully saturated rings. The number of methoxy groups -OCH3 is 1. The number of aromatic nitrogens is 4. The van der Waals surface area contributed by atoms with E-state index in [0.29, 0.717) is 12.4 Å². The van der Waals surface area contributed by atoms with E-state index in [9.17, 15) is 4.79 Å². The lowest BCUT2D eigenvalue weighted by atomic mass is 10.3. The molecule has 1 N–H and O–H groups in total. The molecule has 0 saturated carbocycles. The van der Waals surface area contributed by atoms with Crippen LogP contribution < -0.4 is 5.32 Å². The number of nitrogens with one attached hydrogen (secondary N) is 1. The maximum atomic E-state index is 11.3. The van der Waals surface area contributed by atoms with Crippen molar-refractivity contribution in [2.75, 3.05) is 19.0 Å². The van der Waals surface area contributed by atoms with Crippen LogP contribution in [0.25, 0.3) is 0 Å². The van der Waals surface area contributed by atoms with Gasteiger partial charge in [0.15, 0.2) is 0 Å². The molecule has 0 atom stereocenters. The summed E-state index contributed by atoms with van der Waals surface area (Å²) in [6.45, 7) is 0.675. The van der Waals surface area contributed by atoms with E-state index in [-0.39, 0.29) is 5.82 Å². The van der Waals surface area contributed by atoms with Crippen molar-refractivity contribution in [3.8, 4) is 0 Å². The first-order chi connectivity index (χ1) is 9.19. The molecule has 7 heteroatoms. The SMILES string of the molecule is COC(=O)c1nccc(NCCc2ccn(C)n2)n1. The molecule has 7 nitrogen and oxygen atoms in total. The summed E-state index contributed by atoms with van der Waals surface area (Å²) in [6, 6.07) is 3.66. The van der Waals surface area contributed by atoms with Gasteiger partial charge in [-0.05, 0) is 12.1 Å². The summed E-state index contributed by atoms with van der Waals surface area (Å²) in [5.41, 5.74) is 0.997. The molecule has 2 rings (SSSR count). The van der Waals surface area contributed by atoms with Crippen LogP contribution in [0.5, 0.6) is 0 Å². The molecule has 0 aliphatic carbocycles. The third-order valence-corrected chi connectivity index (χ3v) is 2.48. The molecule has 0 aliphatic heterocycles. The number of carbonyl (C=O) groups is 1. The Kier molecular flexibility index (Phi) is 4.07. The summed E-state index contributed by atoms with van der Waals surface area (Å²) >= 11 is 0. The summed E-state index contributed by atoms with van der Waals surface area (Å²) in [7, 11) is 3.18. The standard InChI is InChI=1S/C12H15N5O2/c1-17-8-5-9(16-17)3-6-13-10-4-7-14-11(15-10)12(18)19-2/h4-5,7-8H,3,6H2,1-2H3,(H,13,14,15). The summed E-state index contributed by atoms with van der Waals surface area (Å²) in [6.07, 6.45) is 4.19. The lowest BCUT2D eigenvalue weighted by molar-refractivity contribution is 0.0587. The summed E-state index contributed by atoms with van der Waals surface area (Å²) in [5, 5.41) is 7.38. The number of hydrogen-bond acceptors (Lipinski definition) is 6. The van der Waals surface area contributed by atoms with Gasteiger partial charge in [-0.15, -0.1) is 0 Å². The molecule has 2 heterocycles. The van der Waals surface area contributed by atoms with E-state index in [0.717, 1.165) is 12.1 Å². The van der Waals surface area contributed by atoms with Crippen molar-refractivity contribution < 1.29 is 9.53 Å². The Balaban J connectivity index is 1.90. The molecule has 100 valence electrons. The van der Waals surface area contributed by atoms with Crippen LogP contribution in [0.3, 0.4) is 0 Å². The minimum absolute atomic E-state index is 0.0466. The van der Waals surface area contributed by atoms with E-state index in [4.69, 9.17) is 0 Å². The average Bonchev–Trinajstić information content (AvgIpc) is 2.84. The average molecular weight is 261 g/mol. The molecule has 0 aliphatic rings. The molecule has 2 aromatic heterocycles. The Hall–Kier alpha value is -2.44. The highest BCUT2D eigenvalue weighted by Crippen LogP contribution is 2.03. The maximum absolute atomic E-state index is 11.3. The topological polar surface area (TPSA) is 81.9 Å². The molecule has 0 bridgehead atoms. The van der Waals surface area contributed by atoms with Crippen LogP contribution in [0, 0.1) is 0 Å². The Morgan fingerprint density at radius 3 is 3.00 bits per heavy atom. The van der Waals surface area contributed by atoms with Gasteiger partial charge < -0.3 is 10.1 Å². The first-order valence-corrected chi connectivity index (χ1v) is 5.83. The lowest BCUT2D eigenvalue weighted by Crippen LogP contribution is -2.11. The predicted molar refractivity (Wildman–Crippen MR) is 68.8 cm³/mol. The highest BCUT2D eigenvalue weighted by Gasteiger charge is 2.09. The van der Waals surface area contributed by atoms with Gasteiger partial charge in [-0.25, -0.2) is 14.8 Å². The smallest absolute Gasteiger partial charge is 0.376 e. The van der Waals surface area contributed by atoms with Crippen LogP contribution in [0.15, 0.2) is 24.5 Å². The van der Waals surface area contributed by atoms with Crippen molar-refractivity contribution in [2.24, 2.45) is 7.05 Å². The van der Waals surface area contributed by atoms with Crippen molar-refractivity contribution in [3.63, 3.8) is 0 Å². The minimum atomic E-state index is -0.548. The van der Waals surface area contributed by atoms with E-state index >= 15 is 0 Å². The third kappa shape index (κ3) is 3.51. The van der Waals surface area contributed by atoms with E-state index in [1.807, 2.05) is 19.3 Å². The molecule has 0 aromatic carbocycles. The minimum Gasteiger partial charge on any atom is -0.463 e. The van der Waals surface area contributed by atoms with Crippen molar-refractivity contribution in [1.82, 2.24) is 19.7 Å². The molecule has 0 spiro atoms. The molecule has 0 saturated heterocycles. The van der Waals surface area contributed by atoms with E-state index in [2.05, 4.69) is 25.1 Å². The van der Waals surface area contributed by atoms with Gasteiger partial charge in [-0.3, -0.25) is 4.68 Å². The van der Waals surface area contributed by atoms with Gasteiger partial charge in [0, 0.05) is 32.4 Å². The van der Waals surface area contributed by atoms with Crippen molar-refractivity contribution in [1.29, 1.82) is 0 Å². The molecule has 0 radical (unpaired) electrons. The number of rotatable bonds is 5. The number of aryl methyl sites for hydroxylation is 1. The van der Waals surface area contributed by atoms with Crippen molar-refractivity contribution >= 4 is 11.8 Å². The second-order valence-corrected chi connectivity index (χ2v) is 3.91. The lowest BCUT2D eigenvalue weighted by Gasteiger charge is -2.05. The number of anilines is 1. The van der Waals surface area contributed by atoms with E-state index in [1.54, 1.807) is 10.7 Å². The van der Waals surface area contributed by atoms with Gasteiger partial charge in [-0.1, -0.05) is 0 Å². The van der Waals surface area contributed by atoms with Crippen LogP contribution in [0.1, 0.15) is 16.3 Å². The van der Waals surface area contributed by atoms with Gasteiger partial charge in [0.2, 0.25) is 5.82 Å². The fourth-order valence-corrected chi connectivity index (χ4v) is 1.56. The first-order valence-electron chi connectivity index (χ1n) is 5.83.